The van der Waals surface area contributed by atoms with Crippen molar-refractivity contribution in [3.8, 4) is 0 Å². The highest BCUT2D eigenvalue weighted by Gasteiger charge is 2.29. The van der Waals surface area contributed by atoms with Crippen LogP contribution in [-0.4, -0.2) is 52.8 Å². The second kappa shape index (κ2) is 7.06. The van der Waals surface area contributed by atoms with Crippen LogP contribution >= 0.6 is 0 Å². The lowest BCUT2D eigenvalue weighted by molar-refractivity contribution is 0.322. The maximum absolute atomic E-state index is 11.8. The quantitative estimate of drug-likeness (QED) is 0.794. The smallest absolute Gasteiger partial charge is 0.178 e. The third-order valence-corrected chi connectivity index (χ3v) is 5.68. The third kappa shape index (κ3) is 3.87. The molecule has 0 amide bonds. The van der Waals surface area contributed by atoms with E-state index in [-0.39, 0.29) is 5.92 Å². The van der Waals surface area contributed by atoms with Crippen molar-refractivity contribution < 1.29 is 8.42 Å². The van der Waals surface area contributed by atoms with Gasteiger partial charge in [-0.05, 0) is 19.4 Å². The maximum atomic E-state index is 11.8. The fraction of sp³-hybridized carbons (Fsp3) is 0.625. The molecule has 1 aliphatic heterocycles. The minimum Gasteiger partial charge on any atom is -0.345 e. The molecule has 2 aromatic rings. The number of hydrogen-bond acceptors (Lipinski definition) is 5. The van der Waals surface area contributed by atoms with E-state index in [0.717, 1.165) is 62.5 Å². The molecule has 0 aliphatic carbocycles. The van der Waals surface area contributed by atoms with Crippen LogP contribution in [0.1, 0.15) is 49.3 Å². The van der Waals surface area contributed by atoms with Crippen molar-refractivity contribution in [1.82, 2.24) is 25.1 Å². The zero-order valence-corrected chi connectivity index (χ0v) is 15.1. The minimum atomic E-state index is -3.24. The highest BCUT2D eigenvalue weighted by molar-refractivity contribution is 7.90. The van der Waals surface area contributed by atoms with Crippen molar-refractivity contribution in [3.05, 3.63) is 29.6 Å². The Morgan fingerprint density at radius 1 is 1.38 bits per heavy atom. The van der Waals surface area contributed by atoms with Gasteiger partial charge in [0.15, 0.2) is 9.84 Å². The van der Waals surface area contributed by atoms with Crippen molar-refractivity contribution in [2.45, 2.75) is 50.0 Å². The summed E-state index contributed by atoms with van der Waals surface area (Å²) in [4.78, 5) is 10.5. The molecule has 7 nitrogen and oxygen atoms in total. The summed E-state index contributed by atoms with van der Waals surface area (Å²) in [7, 11) is -3.24. The summed E-state index contributed by atoms with van der Waals surface area (Å²) in [5.41, 5.74) is 1.86. The van der Waals surface area contributed by atoms with Crippen LogP contribution in [0.2, 0.25) is 0 Å². The lowest BCUT2D eigenvalue weighted by Crippen LogP contribution is -2.20. The first-order valence-electron chi connectivity index (χ1n) is 8.45. The van der Waals surface area contributed by atoms with E-state index in [2.05, 4.69) is 32.0 Å². The number of aromatic amines is 2. The first kappa shape index (κ1) is 17.2. The first-order chi connectivity index (χ1) is 11.5. The predicted octanol–water partition coefficient (Wildman–Crippen LogP) is 1.87. The summed E-state index contributed by atoms with van der Waals surface area (Å²) in [5.74, 6) is 1.23. The van der Waals surface area contributed by atoms with E-state index in [1.54, 1.807) is 0 Å². The molecule has 0 saturated carbocycles. The van der Waals surface area contributed by atoms with Gasteiger partial charge < -0.3 is 4.98 Å². The Morgan fingerprint density at radius 3 is 2.96 bits per heavy atom. The van der Waals surface area contributed by atoms with Gasteiger partial charge in [-0.1, -0.05) is 13.3 Å². The Balaban J connectivity index is 1.62. The molecular weight excluding hydrogens is 326 g/mol. The molecule has 132 valence electrons. The minimum absolute atomic E-state index is 0.180. The lowest BCUT2D eigenvalue weighted by atomic mass is 10.1. The molecule has 3 heterocycles. The monoisotopic (exact) mass is 351 g/mol. The van der Waals surface area contributed by atoms with E-state index in [9.17, 15) is 8.42 Å². The molecular formula is C16H25N5O2S. The zero-order valence-electron chi connectivity index (χ0n) is 14.2. The van der Waals surface area contributed by atoms with Gasteiger partial charge in [-0.3, -0.25) is 10.00 Å². The van der Waals surface area contributed by atoms with Crippen LogP contribution in [0.15, 0.2) is 17.3 Å². The summed E-state index contributed by atoms with van der Waals surface area (Å²) < 4.78 is 23.7. The zero-order chi connectivity index (χ0) is 17.2. The van der Waals surface area contributed by atoms with Crippen molar-refractivity contribution in [2.24, 2.45) is 0 Å². The van der Waals surface area contributed by atoms with Crippen molar-refractivity contribution in [1.29, 1.82) is 0 Å². The van der Waals surface area contributed by atoms with Gasteiger partial charge in [0.2, 0.25) is 0 Å². The number of unbranched alkanes of at least 4 members (excludes halogenated alkanes) is 1. The van der Waals surface area contributed by atoms with E-state index in [4.69, 9.17) is 0 Å². The van der Waals surface area contributed by atoms with Crippen LogP contribution in [0, 0.1) is 0 Å². The molecule has 1 atom stereocenters. The van der Waals surface area contributed by atoms with Crippen LogP contribution in [0.4, 0.5) is 0 Å². The Bertz CT molecular complexity index is 780. The molecule has 0 aromatic carbocycles. The summed E-state index contributed by atoms with van der Waals surface area (Å²) in [6.07, 6.45) is 8.80. The van der Waals surface area contributed by atoms with Crippen LogP contribution in [-0.2, 0) is 22.8 Å². The molecule has 0 spiro atoms. The number of nitrogens with one attached hydrogen (secondary N) is 2. The Morgan fingerprint density at radius 2 is 2.21 bits per heavy atom. The fourth-order valence-corrected chi connectivity index (χ4v) is 4.14. The van der Waals surface area contributed by atoms with Gasteiger partial charge in [0.1, 0.15) is 10.7 Å². The average Bonchev–Trinajstić information content (AvgIpc) is 3.24. The highest BCUT2D eigenvalue weighted by atomic mass is 32.2. The highest BCUT2D eigenvalue weighted by Crippen LogP contribution is 2.30. The summed E-state index contributed by atoms with van der Waals surface area (Å²) in [6.45, 7) is 4.76. The molecule has 0 bridgehead atoms. The number of sulfone groups is 1. The van der Waals surface area contributed by atoms with Gasteiger partial charge in [-0.25, -0.2) is 13.4 Å². The summed E-state index contributed by atoms with van der Waals surface area (Å²) in [5, 5.41) is 6.83. The van der Waals surface area contributed by atoms with Crippen LogP contribution < -0.4 is 0 Å². The van der Waals surface area contributed by atoms with Gasteiger partial charge in [0, 0.05) is 43.6 Å². The topological polar surface area (TPSA) is 94.7 Å². The molecule has 1 saturated heterocycles. The summed E-state index contributed by atoms with van der Waals surface area (Å²) >= 11 is 0. The number of rotatable bonds is 7. The largest absolute Gasteiger partial charge is 0.345 e. The molecule has 0 unspecified atom stereocenters. The molecule has 2 N–H and O–H groups in total. The predicted molar refractivity (Wildman–Crippen MR) is 91.5 cm³/mol. The first-order valence-corrected chi connectivity index (χ1v) is 10.3. The van der Waals surface area contributed by atoms with Crippen molar-refractivity contribution in [3.63, 3.8) is 0 Å². The van der Waals surface area contributed by atoms with E-state index >= 15 is 0 Å². The molecule has 1 aliphatic rings. The maximum Gasteiger partial charge on any atom is 0.178 e. The number of aromatic nitrogens is 4. The average molecular weight is 351 g/mol. The third-order valence-electron chi connectivity index (χ3n) is 4.55. The van der Waals surface area contributed by atoms with Gasteiger partial charge in [-0.15, -0.1) is 0 Å². The standard InChI is InChI=1S/C16H25N5O2S/c1-3-4-5-15-17-8-13(19-15)11-21-7-6-12(10-21)16-14(9-18-20-16)24(2,22)23/h8-9,12H,3-7,10-11H2,1-2H3,(H,17,19)(H,18,20)/t12-/m1/s1. The van der Waals surface area contributed by atoms with Crippen molar-refractivity contribution >= 4 is 9.84 Å². The lowest BCUT2D eigenvalue weighted by Gasteiger charge is -2.14. The molecule has 0 radical (unpaired) electrons. The molecule has 2 aromatic heterocycles. The van der Waals surface area contributed by atoms with Crippen LogP contribution in [0.3, 0.4) is 0 Å². The number of nitrogens with zero attached hydrogens (tertiary/aromatic N) is 3. The second-order valence-corrected chi connectivity index (χ2v) is 8.58. The van der Waals surface area contributed by atoms with Gasteiger partial charge in [0.05, 0.1) is 11.9 Å². The number of H-pyrrole nitrogens is 2. The SMILES string of the molecule is CCCCc1ncc(CN2CC[C@@H](c3[nH]ncc3S(C)(=O)=O)C2)[nH]1. The van der Waals surface area contributed by atoms with Gasteiger partial charge in [0.25, 0.3) is 0 Å². The second-order valence-electron chi connectivity index (χ2n) is 6.60. The van der Waals surface area contributed by atoms with E-state index in [1.807, 2.05) is 6.20 Å². The fourth-order valence-electron chi connectivity index (χ4n) is 3.28. The van der Waals surface area contributed by atoms with Gasteiger partial charge >= 0.3 is 0 Å². The number of imidazole rings is 1. The van der Waals surface area contributed by atoms with Gasteiger partial charge in [-0.2, -0.15) is 5.10 Å². The van der Waals surface area contributed by atoms with Crippen molar-refractivity contribution in [2.75, 3.05) is 19.3 Å². The number of hydrogen-bond donors (Lipinski definition) is 2. The van der Waals surface area contributed by atoms with E-state index in [0.29, 0.717) is 4.90 Å². The Labute approximate surface area is 142 Å². The molecule has 3 rings (SSSR count). The molecule has 1 fully saturated rings. The number of likely N-dealkylation sites (tertiary alicyclic amines) is 1. The molecule has 24 heavy (non-hydrogen) atoms. The van der Waals surface area contributed by atoms with E-state index < -0.39 is 9.84 Å². The summed E-state index contributed by atoms with van der Waals surface area (Å²) in [6, 6.07) is 0. The normalized spacial score (nSPS) is 19.2. The van der Waals surface area contributed by atoms with Crippen LogP contribution in [0.25, 0.3) is 0 Å². The van der Waals surface area contributed by atoms with E-state index in [1.165, 1.54) is 12.5 Å². The Hall–Kier alpha value is -1.67. The van der Waals surface area contributed by atoms with Crippen LogP contribution in [0.5, 0.6) is 0 Å². The Kier molecular flexibility index (Phi) is 5.05. The molecule has 8 heteroatoms. The number of aryl methyl sites for hydroxylation is 1.